The van der Waals surface area contributed by atoms with Gasteiger partial charge in [0.2, 0.25) is 0 Å². The zero-order valence-corrected chi connectivity index (χ0v) is 13.8. The first kappa shape index (κ1) is 16.8. The van der Waals surface area contributed by atoms with Crippen molar-refractivity contribution in [3.05, 3.63) is 28.2 Å². The van der Waals surface area contributed by atoms with Crippen molar-refractivity contribution in [1.82, 2.24) is 4.90 Å². The van der Waals surface area contributed by atoms with E-state index in [4.69, 9.17) is 32.7 Å². The molecule has 0 aliphatic carbocycles. The van der Waals surface area contributed by atoms with Crippen LogP contribution in [0.4, 0.5) is 0 Å². The van der Waals surface area contributed by atoms with Gasteiger partial charge in [0.05, 0.1) is 17.2 Å². The van der Waals surface area contributed by atoms with Crippen LogP contribution in [-0.4, -0.2) is 54.6 Å². The third kappa shape index (κ3) is 5.31. The number of morpholine rings is 1. The fourth-order valence-corrected chi connectivity index (χ4v) is 3.03. The largest absolute Gasteiger partial charge is 0.489 e. The van der Waals surface area contributed by atoms with E-state index in [9.17, 15) is 5.11 Å². The van der Waals surface area contributed by atoms with E-state index >= 15 is 0 Å². The number of rotatable bonds is 5. The lowest BCUT2D eigenvalue weighted by Crippen LogP contribution is -2.48. The number of hydrogen-bond donors (Lipinski definition) is 1. The van der Waals surface area contributed by atoms with Gasteiger partial charge in [-0.25, -0.2) is 0 Å². The van der Waals surface area contributed by atoms with Crippen LogP contribution in [-0.2, 0) is 4.74 Å². The maximum absolute atomic E-state index is 10.1. The minimum absolute atomic E-state index is 0.188. The lowest BCUT2D eigenvalue weighted by molar-refractivity contribution is -0.0786. The molecule has 0 saturated carbocycles. The van der Waals surface area contributed by atoms with Gasteiger partial charge < -0.3 is 14.6 Å². The highest BCUT2D eigenvalue weighted by Crippen LogP contribution is 2.27. The van der Waals surface area contributed by atoms with Crippen molar-refractivity contribution in [2.45, 2.75) is 32.2 Å². The predicted molar refractivity (Wildman–Crippen MR) is 84.4 cm³/mol. The standard InChI is InChI=1S/C15H21Cl2NO3/c1-10-6-18(7-11(2)21-10)8-13(19)9-20-15-4-3-12(16)5-14(15)17/h3-5,10-11,13,19H,6-9H2,1-2H3/t10-,11-,13-/m1/s1. The van der Waals surface area contributed by atoms with Gasteiger partial charge in [-0.05, 0) is 32.0 Å². The Hall–Kier alpha value is -0.520. The Morgan fingerprint density at radius 1 is 1.33 bits per heavy atom. The molecule has 1 fully saturated rings. The molecule has 4 nitrogen and oxygen atoms in total. The molecule has 2 rings (SSSR count). The van der Waals surface area contributed by atoms with Gasteiger partial charge in [-0.1, -0.05) is 23.2 Å². The van der Waals surface area contributed by atoms with Gasteiger partial charge >= 0.3 is 0 Å². The molecule has 0 aromatic heterocycles. The third-order valence-electron chi connectivity index (χ3n) is 3.29. The van der Waals surface area contributed by atoms with Crippen molar-refractivity contribution in [2.24, 2.45) is 0 Å². The van der Waals surface area contributed by atoms with Crippen LogP contribution >= 0.6 is 23.2 Å². The summed E-state index contributed by atoms with van der Waals surface area (Å²) >= 11 is 11.9. The summed E-state index contributed by atoms with van der Waals surface area (Å²) in [5.41, 5.74) is 0. The number of halogens is 2. The Labute approximate surface area is 135 Å². The Balaban J connectivity index is 1.80. The van der Waals surface area contributed by atoms with E-state index in [1.807, 2.05) is 13.8 Å². The first-order valence-electron chi connectivity index (χ1n) is 7.07. The molecule has 118 valence electrons. The molecule has 1 N–H and O–H groups in total. The fourth-order valence-electron chi connectivity index (χ4n) is 2.56. The van der Waals surface area contributed by atoms with Crippen LogP contribution in [0.2, 0.25) is 10.0 Å². The van der Waals surface area contributed by atoms with Crippen LogP contribution in [0, 0.1) is 0 Å². The van der Waals surface area contributed by atoms with E-state index in [0.717, 1.165) is 13.1 Å². The van der Waals surface area contributed by atoms with Gasteiger partial charge in [-0.2, -0.15) is 0 Å². The summed E-state index contributed by atoms with van der Waals surface area (Å²) in [5.74, 6) is 0.531. The average Bonchev–Trinajstić information content (AvgIpc) is 2.36. The molecule has 1 aliphatic rings. The van der Waals surface area contributed by atoms with Crippen molar-refractivity contribution < 1.29 is 14.6 Å². The number of ether oxygens (including phenoxy) is 2. The number of aliphatic hydroxyl groups excluding tert-OH is 1. The van der Waals surface area contributed by atoms with Crippen molar-refractivity contribution in [3.8, 4) is 5.75 Å². The maximum Gasteiger partial charge on any atom is 0.138 e. The van der Waals surface area contributed by atoms with E-state index in [1.54, 1.807) is 18.2 Å². The Kier molecular flexibility index (Phi) is 6.14. The van der Waals surface area contributed by atoms with E-state index in [2.05, 4.69) is 4.90 Å². The first-order valence-corrected chi connectivity index (χ1v) is 7.83. The van der Waals surface area contributed by atoms with E-state index in [1.165, 1.54) is 0 Å². The molecule has 6 heteroatoms. The minimum atomic E-state index is -0.575. The second-order valence-electron chi connectivity index (χ2n) is 5.52. The molecule has 0 radical (unpaired) electrons. The summed E-state index contributed by atoms with van der Waals surface area (Å²) in [5, 5.41) is 11.1. The quantitative estimate of drug-likeness (QED) is 0.899. The summed E-state index contributed by atoms with van der Waals surface area (Å²) in [6.45, 7) is 6.48. The second kappa shape index (κ2) is 7.65. The zero-order chi connectivity index (χ0) is 15.4. The molecule has 1 saturated heterocycles. The minimum Gasteiger partial charge on any atom is -0.489 e. The average molecular weight is 334 g/mol. The van der Waals surface area contributed by atoms with Crippen molar-refractivity contribution in [3.63, 3.8) is 0 Å². The normalized spacial score (nSPS) is 24.8. The smallest absolute Gasteiger partial charge is 0.138 e. The zero-order valence-electron chi connectivity index (χ0n) is 12.3. The fraction of sp³-hybridized carbons (Fsp3) is 0.600. The number of hydrogen-bond acceptors (Lipinski definition) is 4. The van der Waals surface area contributed by atoms with Gasteiger partial charge in [0.1, 0.15) is 18.5 Å². The summed E-state index contributed by atoms with van der Waals surface area (Å²) in [6.07, 6.45) is -0.200. The summed E-state index contributed by atoms with van der Waals surface area (Å²) in [6, 6.07) is 5.03. The molecule has 1 aromatic carbocycles. The molecule has 0 amide bonds. The Morgan fingerprint density at radius 3 is 2.62 bits per heavy atom. The Bertz CT molecular complexity index is 462. The number of benzene rings is 1. The molecule has 1 heterocycles. The van der Waals surface area contributed by atoms with Crippen molar-refractivity contribution in [1.29, 1.82) is 0 Å². The summed E-state index contributed by atoms with van der Waals surface area (Å²) < 4.78 is 11.2. The molecule has 3 atom stereocenters. The summed E-state index contributed by atoms with van der Waals surface area (Å²) in [7, 11) is 0. The molecule has 1 aliphatic heterocycles. The van der Waals surface area contributed by atoms with E-state index in [0.29, 0.717) is 22.3 Å². The van der Waals surface area contributed by atoms with Gasteiger partial charge in [-0.3, -0.25) is 4.90 Å². The van der Waals surface area contributed by atoms with E-state index in [-0.39, 0.29) is 18.8 Å². The van der Waals surface area contributed by atoms with E-state index < -0.39 is 6.10 Å². The van der Waals surface area contributed by atoms with Crippen molar-refractivity contribution >= 4 is 23.2 Å². The molecule has 0 unspecified atom stereocenters. The van der Waals surface area contributed by atoms with Crippen LogP contribution < -0.4 is 4.74 Å². The molecular weight excluding hydrogens is 313 g/mol. The highest BCUT2D eigenvalue weighted by molar-refractivity contribution is 6.35. The monoisotopic (exact) mass is 333 g/mol. The molecule has 1 aromatic rings. The molecule has 0 spiro atoms. The lowest BCUT2D eigenvalue weighted by atomic mass is 10.2. The summed E-state index contributed by atoms with van der Waals surface area (Å²) in [4.78, 5) is 2.19. The van der Waals surface area contributed by atoms with Gasteiger partial charge in [0.15, 0.2) is 0 Å². The van der Waals surface area contributed by atoms with Crippen LogP contribution in [0.3, 0.4) is 0 Å². The number of β-amino-alcohol motifs (C(OH)–C–C–N with tert-alkyl or cyclic N) is 1. The molecule has 0 bridgehead atoms. The number of nitrogens with zero attached hydrogens (tertiary/aromatic N) is 1. The number of aliphatic hydroxyl groups is 1. The maximum atomic E-state index is 10.1. The van der Waals surface area contributed by atoms with Crippen LogP contribution in [0.5, 0.6) is 5.75 Å². The van der Waals surface area contributed by atoms with Gasteiger partial charge in [0, 0.05) is 24.7 Å². The van der Waals surface area contributed by atoms with Gasteiger partial charge in [-0.15, -0.1) is 0 Å². The lowest BCUT2D eigenvalue weighted by Gasteiger charge is -2.36. The van der Waals surface area contributed by atoms with Gasteiger partial charge in [0.25, 0.3) is 0 Å². The first-order chi connectivity index (χ1) is 9.94. The highest BCUT2D eigenvalue weighted by atomic mass is 35.5. The van der Waals surface area contributed by atoms with Crippen molar-refractivity contribution in [2.75, 3.05) is 26.2 Å². The third-order valence-corrected chi connectivity index (χ3v) is 3.82. The SMILES string of the molecule is C[C@@H]1CN(C[C@@H](O)COc2ccc(Cl)cc2Cl)C[C@@H](C)O1. The topological polar surface area (TPSA) is 41.9 Å². The van der Waals surface area contributed by atoms with Crippen LogP contribution in [0.25, 0.3) is 0 Å². The Morgan fingerprint density at radius 2 is 2.00 bits per heavy atom. The molecular formula is C15H21Cl2NO3. The van der Waals surface area contributed by atoms with Crippen LogP contribution in [0.1, 0.15) is 13.8 Å². The van der Waals surface area contributed by atoms with Crippen LogP contribution in [0.15, 0.2) is 18.2 Å². The predicted octanol–water partition coefficient (Wildman–Crippen LogP) is 2.84. The highest BCUT2D eigenvalue weighted by Gasteiger charge is 2.24. The second-order valence-corrected chi connectivity index (χ2v) is 6.36. The molecule has 21 heavy (non-hydrogen) atoms.